The summed E-state index contributed by atoms with van der Waals surface area (Å²) < 4.78 is 5.09. The molecule has 1 heterocycles. The highest BCUT2D eigenvalue weighted by Crippen LogP contribution is 2.37. The first kappa shape index (κ1) is 15.0. The minimum atomic E-state index is -0.433. The quantitative estimate of drug-likeness (QED) is 0.643. The zero-order chi connectivity index (χ0) is 16.4. The van der Waals surface area contributed by atoms with Gasteiger partial charge in [0, 0.05) is 12.6 Å². The number of rotatable bonds is 4. The van der Waals surface area contributed by atoms with Crippen molar-refractivity contribution in [1.82, 2.24) is 0 Å². The molecule has 1 aliphatic rings. The van der Waals surface area contributed by atoms with E-state index in [0.717, 1.165) is 16.9 Å². The maximum atomic E-state index is 12.6. The van der Waals surface area contributed by atoms with Crippen LogP contribution in [0, 0.1) is 10.1 Å². The molecule has 0 aliphatic carbocycles. The van der Waals surface area contributed by atoms with Gasteiger partial charge < -0.3 is 9.64 Å². The molecule has 0 atom stereocenters. The maximum absolute atomic E-state index is 12.6. The summed E-state index contributed by atoms with van der Waals surface area (Å²) in [5.41, 5.74) is 2.13. The Bertz CT molecular complexity index is 756. The summed E-state index contributed by atoms with van der Waals surface area (Å²) in [4.78, 5) is 24.9. The first-order valence-corrected chi connectivity index (χ1v) is 7.29. The monoisotopic (exact) mass is 312 g/mol. The molecule has 6 nitrogen and oxygen atoms in total. The van der Waals surface area contributed by atoms with Crippen LogP contribution in [0.5, 0.6) is 5.75 Å². The number of nitro groups is 1. The minimum Gasteiger partial charge on any atom is -0.497 e. The van der Waals surface area contributed by atoms with Gasteiger partial charge in [-0.05, 0) is 29.7 Å². The van der Waals surface area contributed by atoms with Crippen LogP contribution in [0.4, 0.5) is 11.4 Å². The topological polar surface area (TPSA) is 72.7 Å². The second kappa shape index (κ2) is 6.08. The smallest absolute Gasteiger partial charge is 0.293 e. The van der Waals surface area contributed by atoms with E-state index in [1.807, 2.05) is 18.2 Å². The predicted molar refractivity (Wildman–Crippen MR) is 85.9 cm³/mol. The molecule has 2 aromatic carbocycles. The summed E-state index contributed by atoms with van der Waals surface area (Å²) in [7, 11) is 1.58. The largest absolute Gasteiger partial charge is 0.497 e. The number of hydrogen-bond acceptors (Lipinski definition) is 4. The van der Waals surface area contributed by atoms with Gasteiger partial charge in [-0.2, -0.15) is 0 Å². The number of anilines is 1. The van der Waals surface area contributed by atoms with Crippen LogP contribution in [0.1, 0.15) is 11.1 Å². The van der Waals surface area contributed by atoms with E-state index in [2.05, 4.69) is 0 Å². The highest BCUT2D eigenvalue weighted by Gasteiger charge is 2.31. The van der Waals surface area contributed by atoms with Gasteiger partial charge in [-0.3, -0.25) is 14.9 Å². The van der Waals surface area contributed by atoms with Crippen LogP contribution in [-0.4, -0.2) is 24.5 Å². The molecular weight excluding hydrogens is 296 g/mol. The molecule has 6 heteroatoms. The van der Waals surface area contributed by atoms with Gasteiger partial charge in [-0.15, -0.1) is 0 Å². The number of hydrogen-bond donors (Lipinski definition) is 0. The Kier molecular flexibility index (Phi) is 3.97. The second-order valence-electron chi connectivity index (χ2n) is 5.36. The van der Waals surface area contributed by atoms with E-state index in [1.165, 1.54) is 11.0 Å². The standard InChI is InChI=1S/C17H16N2O4/c1-23-14-7-5-12(6-8-14)11-16(20)18-10-9-13-3-2-4-15(17(13)18)19(21)22/h2-8H,9-11H2,1H3. The summed E-state index contributed by atoms with van der Waals surface area (Å²) in [5, 5.41) is 11.2. The fourth-order valence-corrected chi connectivity index (χ4v) is 2.85. The van der Waals surface area contributed by atoms with Crippen molar-refractivity contribution < 1.29 is 14.5 Å². The van der Waals surface area contributed by atoms with E-state index in [9.17, 15) is 14.9 Å². The van der Waals surface area contributed by atoms with Gasteiger partial charge in [0.25, 0.3) is 5.69 Å². The van der Waals surface area contributed by atoms with Crippen LogP contribution in [-0.2, 0) is 17.6 Å². The first-order valence-electron chi connectivity index (χ1n) is 7.29. The van der Waals surface area contributed by atoms with Gasteiger partial charge in [-0.1, -0.05) is 24.3 Å². The van der Waals surface area contributed by atoms with Crippen molar-refractivity contribution in [1.29, 1.82) is 0 Å². The van der Waals surface area contributed by atoms with Crippen molar-refractivity contribution in [3.8, 4) is 5.75 Å². The van der Waals surface area contributed by atoms with Crippen molar-refractivity contribution in [3.05, 3.63) is 63.7 Å². The third-order valence-corrected chi connectivity index (χ3v) is 3.99. The number of carbonyl (C=O) groups excluding carboxylic acids is 1. The fraction of sp³-hybridized carbons (Fsp3) is 0.235. The molecule has 1 aliphatic heterocycles. The lowest BCUT2D eigenvalue weighted by atomic mass is 10.1. The fourth-order valence-electron chi connectivity index (χ4n) is 2.85. The highest BCUT2D eigenvalue weighted by atomic mass is 16.6. The Morgan fingerprint density at radius 1 is 1.26 bits per heavy atom. The summed E-state index contributed by atoms with van der Waals surface area (Å²) >= 11 is 0. The van der Waals surface area contributed by atoms with Crippen molar-refractivity contribution in [2.75, 3.05) is 18.6 Å². The lowest BCUT2D eigenvalue weighted by Crippen LogP contribution is -2.30. The molecule has 1 amide bonds. The summed E-state index contributed by atoms with van der Waals surface area (Å²) in [6.07, 6.45) is 0.848. The summed E-state index contributed by atoms with van der Waals surface area (Å²) in [6.45, 7) is 0.481. The van der Waals surface area contributed by atoms with E-state index in [1.54, 1.807) is 25.3 Å². The Labute approximate surface area is 133 Å². The molecule has 0 bridgehead atoms. The number of nitro benzene ring substituents is 1. The van der Waals surface area contributed by atoms with Crippen molar-refractivity contribution in [2.45, 2.75) is 12.8 Å². The maximum Gasteiger partial charge on any atom is 0.293 e. The van der Waals surface area contributed by atoms with Gasteiger partial charge in [0.1, 0.15) is 11.4 Å². The van der Waals surface area contributed by atoms with Crippen LogP contribution in [0.2, 0.25) is 0 Å². The average molecular weight is 312 g/mol. The molecule has 0 saturated carbocycles. The predicted octanol–water partition coefficient (Wildman–Crippen LogP) is 2.74. The molecule has 0 N–H and O–H groups in total. The van der Waals surface area contributed by atoms with Gasteiger partial charge in [0.15, 0.2) is 0 Å². The number of carbonyl (C=O) groups is 1. The molecule has 0 fully saturated rings. The Balaban J connectivity index is 1.84. The SMILES string of the molecule is COc1ccc(CC(=O)N2CCc3cccc([N+](=O)[O-])c32)cc1. The lowest BCUT2D eigenvalue weighted by molar-refractivity contribution is -0.384. The van der Waals surface area contributed by atoms with Gasteiger partial charge in [0.05, 0.1) is 18.5 Å². The van der Waals surface area contributed by atoms with Crippen LogP contribution in [0.25, 0.3) is 0 Å². The first-order chi connectivity index (χ1) is 11.1. The molecule has 118 valence electrons. The molecule has 0 aromatic heterocycles. The Morgan fingerprint density at radius 2 is 2.00 bits per heavy atom. The summed E-state index contributed by atoms with van der Waals surface area (Å²) in [5.74, 6) is 0.589. The van der Waals surface area contributed by atoms with E-state index in [-0.39, 0.29) is 18.0 Å². The molecule has 0 radical (unpaired) electrons. The van der Waals surface area contributed by atoms with Gasteiger partial charge >= 0.3 is 0 Å². The molecule has 0 spiro atoms. The van der Waals surface area contributed by atoms with E-state index in [0.29, 0.717) is 18.7 Å². The Morgan fingerprint density at radius 3 is 2.65 bits per heavy atom. The van der Waals surface area contributed by atoms with Gasteiger partial charge in [0.2, 0.25) is 5.91 Å². The Hall–Kier alpha value is -2.89. The van der Waals surface area contributed by atoms with E-state index >= 15 is 0 Å². The number of methoxy groups -OCH3 is 1. The zero-order valence-electron chi connectivity index (χ0n) is 12.7. The van der Waals surface area contributed by atoms with E-state index in [4.69, 9.17) is 4.74 Å². The number of benzene rings is 2. The normalized spacial score (nSPS) is 12.8. The molecule has 0 saturated heterocycles. The number of fused-ring (bicyclic) bond motifs is 1. The molecule has 23 heavy (non-hydrogen) atoms. The van der Waals surface area contributed by atoms with Crippen molar-refractivity contribution >= 4 is 17.3 Å². The van der Waals surface area contributed by atoms with Crippen LogP contribution < -0.4 is 9.64 Å². The van der Waals surface area contributed by atoms with Gasteiger partial charge in [-0.25, -0.2) is 0 Å². The van der Waals surface area contributed by atoms with E-state index < -0.39 is 4.92 Å². The average Bonchev–Trinajstić information content (AvgIpc) is 2.99. The van der Waals surface area contributed by atoms with Crippen molar-refractivity contribution in [3.63, 3.8) is 0 Å². The highest BCUT2D eigenvalue weighted by molar-refractivity contribution is 5.99. The number of amides is 1. The van der Waals surface area contributed by atoms with Crippen LogP contribution in [0.3, 0.4) is 0 Å². The molecular formula is C17H16N2O4. The van der Waals surface area contributed by atoms with Crippen molar-refractivity contribution in [2.24, 2.45) is 0 Å². The zero-order valence-corrected chi connectivity index (χ0v) is 12.7. The lowest BCUT2D eigenvalue weighted by Gasteiger charge is -2.17. The summed E-state index contributed by atoms with van der Waals surface area (Å²) in [6, 6.07) is 12.2. The third kappa shape index (κ3) is 2.88. The van der Waals surface area contributed by atoms with Crippen LogP contribution >= 0.6 is 0 Å². The molecule has 2 aromatic rings. The number of para-hydroxylation sites is 1. The molecule has 0 unspecified atom stereocenters. The minimum absolute atomic E-state index is 0.0110. The second-order valence-corrected chi connectivity index (χ2v) is 5.36. The van der Waals surface area contributed by atoms with Crippen LogP contribution in [0.15, 0.2) is 42.5 Å². The number of ether oxygens (including phenoxy) is 1. The third-order valence-electron chi connectivity index (χ3n) is 3.99. The number of nitrogens with zero attached hydrogens (tertiary/aromatic N) is 2. The molecule has 3 rings (SSSR count).